The van der Waals surface area contributed by atoms with Crippen LogP contribution in [-0.4, -0.2) is 24.0 Å². The molecule has 1 amide bonds. The van der Waals surface area contributed by atoms with E-state index in [9.17, 15) is 4.79 Å². The van der Waals surface area contributed by atoms with Crippen molar-refractivity contribution in [3.8, 4) is 0 Å². The Balaban J connectivity index is 0.00000128. The summed E-state index contributed by atoms with van der Waals surface area (Å²) in [6.07, 6.45) is 0. The number of nitrogens with two attached hydrogens (primary N) is 1. The molecule has 0 spiro atoms. The number of H-pyrrole nitrogens is 1. The molecule has 2 rings (SSSR count). The third-order valence-corrected chi connectivity index (χ3v) is 2.20. The van der Waals surface area contributed by atoms with Gasteiger partial charge in [-0.1, -0.05) is 18.2 Å². The van der Waals surface area contributed by atoms with Crippen LogP contribution >= 0.6 is 24.8 Å². The maximum atomic E-state index is 11.6. The highest BCUT2D eigenvalue weighted by Crippen LogP contribution is 2.14. The second-order valence-electron chi connectivity index (χ2n) is 3.31. The van der Waals surface area contributed by atoms with E-state index in [0.717, 1.165) is 10.9 Å². The third-order valence-electron chi connectivity index (χ3n) is 2.20. The quantitative estimate of drug-likeness (QED) is 0.798. The second-order valence-corrected chi connectivity index (χ2v) is 3.31. The molecule has 0 unspecified atom stereocenters. The maximum Gasteiger partial charge on any atom is 0.267 e. The molecule has 4 N–H and O–H groups in total. The Morgan fingerprint density at radius 3 is 2.65 bits per heavy atom. The van der Waals surface area contributed by atoms with Crippen LogP contribution in [-0.2, 0) is 0 Å². The number of fused-ring (bicyclic) bond motifs is 1. The molecule has 17 heavy (non-hydrogen) atoms. The fraction of sp³-hybridized carbons (Fsp3) is 0.182. The molecule has 0 aliphatic carbocycles. The van der Waals surface area contributed by atoms with Gasteiger partial charge >= 0.3 is 0 Å². The number of hydrogen-bond acceptors (Lipinski definition) is 2. The molecule has 2 aromatic rings. The first-order valence-electron chi connectivity index (χ1n) is 4.87. The van der Waals surface area contributed by atoms with E-state index in [2.05, 4.69) is 10.3 Å². The Labute approximate surface area is 112 Å². The first-order valence-corrected chi connectivity index (χ1v) is 4.87. The number of carbonyl (C=O) groups excluding carboxylic acids is 1. The smallest absolute Gasteiger partial charge is 0.267 e. The van der Waals surface area contributed by atoms with Gasteiger partial charge in [-0.05, 0) is 12.1 Å². The number of carbonyl (C=O) groups is 1. The molecule has 0 saturated carbocycles. The minimum Gasteiger partial charge on any atom is -0.351 e. The first kappa shape index (κ1) is 15.8. The van der Waals surface area contributed by atoms with Crippen LogP contribution in [0.2, 0.25) is 0 Å². The monoisotopic (exact) mass is 275 g/mol. The number of amides is 1. The average Bonchev–Trinajstić information content (AvgIpc) is 2.69. The number of rotatable bonds is 3. The summed E-state index contributed by atoms with van der Waals surface area (Å²) in [4.78, 5) is 14.6. The summed E-state index contributed by atoms with van der Waals surface area (Å²) in [6.45, 7) is 0.945. The summed E-state index contributed by atoms with van der Waals surface area (Å²) in [5.74, 6) is -0.114. The van der Waals surface area contributed by atoms with Gasteiger partial charge in [-0.25, -0.2) is 0 Å². The van der Waals surface area contributed by atoms with E-state index in [1.165, 1.54) is 0 Å². The van der Waals surface area contributed by atoms with Crippen LogP contribution in [0.25, 0.3) is 10.9 Å². The number of benzene rings is 1. The van der Waals surface area contributed by atoms with Crippen LogP contribution in [0.5, 0.6) is 0 Å². The van der Waals surface area contributed by atoms with Gasteiger partial charge in [0.1, 0.15) is 5.69 Å². The van der Waals surface area contributed by atoms with Gasteiger partial charge in [0.15, 0.2) is 0 Å². The summed E-state index contributed by atoms with van der Waals surface area (Å²) in [5, 5.41) is 3.75. The first-order chi connectivity index (χ1) is 7.31. The van der Waals surface area contributed by atoms with Gasteiger partial charge in [0.25, 0.3) is 5.91 Å². The molecule has 1 aromatic heterocycles. The maximum absolute atomic E-state index is 11.6. The predicted octanol–water partition coefficient (Wildman–Crippen LogP) is 1.70. The minimum absolute atomic E-state index is 0. The summed E-state index contributed by atoms with van der Waals surface area (Å²) in [6, 6.07) is 9.61. The van der Waals surface area contributed by atoms with E-state index in [4.69, 9.17) is 5.73 Å². The summed E-state index contributed by atoms with van der Waals surface area (Å²) in [7, 11) is 0. The van der Waals surface area contributed by atoms with Gasteiger partial charge in [0.05, 0.1) is 0 Å². The number of nitrogens with one attached hydrogen (secondary N) is 2. The van der Waals surface area contributed by atoms with Crippen molar-refractivity contribution in [3.05, 3.63) is 36.0 Å². The largest absolute Gasteiger partial charge is 0.351 e. The lowest BCUT2D eigenvalue weighted by Gasteiger charge is -1.99. The Bertz CT molecular complexity index is 451. The summed E-state index contributed by atoms with van der Waals surface area (Å²) >= 11 is 0. The molecule has 0 bridgehead atoms. The fourth-order valence-electron chi connectivity index (χ4n) is 1.48. The van der Waals surface area contributed by atoms with Crippen molar-refractivity contribution in [2.75, 3.05) is 13.1 Å². The van der Waals surface area contributed by atoms with Crippen molar-refractivity contribution in [3.63, 3.8) is 0 Å². The molecule has 1 heterocycles. The zero-order valence-corrected chi connectivity index (χ0v) is 10.7. The lowest BCUT2D eigenvalue weighted by atomic mass is 10.2. The van der Waals surface area contributed by atoms with Crippen LogP contribution in [0.15, 0.2) is 30.3 Å². The van der Waals surface area contributed by atoms with Gasteiger partial charge in [-0.15, -0.1) is 24.8 Å². The molecule has 94 valence electrons. The van der Waals surface area contributed by atoms with Gasteiger partial charge in [0.2, 0.25) is 0 Å². The molecule has 0 radical (unpaired) electrons. The van der Waals surface area contributed by atoms with E-state index in [0.29, 0.717) is 18.8 Å². The van der Waals surface area contributed by atoms with E-state index in [1.807, 2.05) is 30.3 Å². The fourth-order valence-corrected chi connectivity index (χ4v) is 1.48. The molecule has 0 fully saturated rings. The molecule has 0 aliphatic rings. The lowest BCUT2D eigenvalue weighted by Crippen LogP contribution is -2.29. The van der Waals surface area contributed by atoms with Gasteiger partial charge in [-0.3, -0.25) is 4.79 Å². The standard InChI is InChI=1S/C11H13N3O.2ClH/c12-5-6-13-11(15)10-7-8-3-1-2-4-9(8)14-10;;/h1-4,7,14H,5-6,12H2,(H,13,15);2*1H. The van der Waals surface area contributed by atoms with E-state index < -0.39 is 0 Å². The van der Waals surface area contributed by atoms with Gasteiger partial charge in [0, 0.05) is 24.0 Å². The van der Waals surface area contributed by atoms with Crippen LogP contribution in [0.1, 0.15) is 10.5 Å². The number of aromatic amines is 1. The normalized spacial score (nSPS) is 9.24. The zero-order valence-electron chi connectivity index (χ0n) is 9.10. The highest BCUT2D eigenvalue weighted by molar-refractivity contribution is 5.97. The summed E-state index contributed by atoms with van der Waals surface area (Å²) in [5.41, 5.74) is 6.85. The van der Waals surface area contributed by atoms with Crippen molar-refractivity contribution >= 4 is 41.6 Å². The predicted molar refractivity (Wildman–Crippen MR) is 74.2 cm³/mol. The molecular formula is C11H15Cl2N3O. The van der Waals surface area contributed by atoms with Crippen molar-refractivity contribution < 1.29 is 4.79 Å². The molecule has 0 aliphatic heterocycles. The number of hydrogen-bond donors (Lipinski definition) is 3. The van der Waals surface area contributed by atoms with E-state index in [-0.39, 0.29) is 30.7 Å². The van der Waals surface area contributed by atoms with Crippen molar-refractivity contribution in [1.29, 1.82) is 0 Å². The highest BCUT2D eigenvalue weighted by Gasteiger charge is 2.07. The van der Waals surface area contributed by atoms with Crippen LogP contribution < -0.4 is 11.1 Å². The Morgan fingerprint density at radius 1 is 1.29 bits per heavy atom. The van der Waals surface area contributed by atoms with E-state index >= 15 is 0 Å². The SMILES string of the molecule is Cl.Cl.NCCNC(=O)c1cc2ccccc2[nH]1. The van der Waals surface area contributed by atoms with Crippen molar-refractivity contribution in [2.45, 2.75) is 0 Å². The molecular weight excluding hydrogens is 261 g/mol. The van der Waals surface area contributed by atoms with Crippen LogP contribution in [0, 0.1) is 0 Å². The van der Waals surface area contributed by atoms with Crippen molar-refractivity contribution in [2.24, 2.45) is 5.73 Å². The van der Waals surface area contributed by atoms with Gasteiger partial charge in [-0.2, -0.15) is 0 Å². The lowest BCUT2D eigenvalue weighted by molar-refractivity contribution is 0.0950. The molecule has 0 saturated heterocycles. The number of aromatic nitrogens is 1. The van der Waals surface area contributed by atoms with Crippen LogP contribution in [0.4, 0.5) is 0 Å². The Kier molecular flexibility index (Phi) is 6.65. The molecule has 0 atom stereocenters. The van der Waals surface area contributed by atoms with E-state index in [1.54, 1.807) is 0 Å². The average molecular weight is 276 g/mol. The molecule has 1 aromatic carbocycles. The minimum atomic E-state index is -0.114. The highest BCUT2D eigenvalue weighted by atomic mass is 35.5. The summed E-state index contributed by atoms with van der Waals surface area (Å²) < 4.78 is 0. The zero-order chi connectivity index (χ0) is 10.7. The topological polar surface area (TPSA) is 70.9 Å². The van der Waals surface area contributed by atoms with Crippen LogP contribution in [0.3, 0.4) is 0 Å². The third kappa shape index (κ3) is 3.63. The Hall–Kier alpha value is -1.23. The van der Waals surface area contributed by atoms with Crippen molar-refractivity contribution in [1.82, 2.24) is 10.3 Å². The number of para-hydroxylation sites is 1. The molecule has 4 nitrogen and oxygen atoms in total. The number of halogens is 2. The molecule has 6 heteroatoms. The van der Waals surface area contributed by atoms with Gasteiger partial charge < -0.3 is 16.0 Å². The second kappa shape index (κ2) is 7.17. The Morgan fingerprint density at radius 2 is 2.00 bits per heavy atom.